The van der Waals surface area contributed by atoms with Gasteiger partial charge in [-0.05, 0) is 32.9 Å². The van der Waals surface area contributed by atoms with Crippen LogP contribution in [0.5, 0.6) is 0 Å². The van der Waals surface area contributed by atoms with E-state index in [2.05, 4.69) is 10.3 Å². The van der Waals surface area contributed by atoms with E-state index in [9.17, 15) is 5.11 Å². The monoisotopic (exact) mass is 282 g/mol. The molecule has 0 fully saturated rings. The van der Waals surface area contributed by atoms with Crippen molar-refractivity contribution in [2.75, 3.05) is 26.4 Å². The Morgan fingerprint density at radius 2 is 2.05 bits per heavy atom. The van der Waals surface area contributed by atoms with Crippen molar-refractivity contribution in [1.82, 2.24) is 10.3 Å². The van der Waals surface area contributed by atoms with Crippen LogP contribution < -0.4 is 5.32 Å². The summed E-state index contributed by atoms with van der Waals surface area (Å²) in [5.74, 6) is 0. The molecule has 0 aromatic carbocycles. The van der Waals surface area contributed by atoms with Gasteiger partial charge in [-0.25, -0.2) is 0 Å². The summed E-state index contributed by atoms with van der Waals surface area (Å²) in [5, 5.41) is 13.0. The number of aromatic nitrogens is 1. The van der Waals surface area contributed by atoms with Gasteiger partial charge in [0, 0.05) is 18.8 Å². The number of rotatable bonds is 10. The molecule has 2 N–H and O–H groups in total. The number of nitrogens with one attached hydrogen (secondary N) is 1. The zero-order valence-corrected chi connectivity index (χ0v) is 12.6. The lowest BCUT2D eigenvalue weighted by molar-refractivity contribution is -0.0104. The van der Waals surface area contributed by atoms with Crippen molar-refractivity contribution in [3.63, 3.8) is 0 Å². The minimum atomic E-state index is -0.528. The van der Waals surface area contributed by atoms with Crippen LogP contribution in [-0.4, -0.2) is 48.7 Å². The molecule has 114 valence electrons. The first-order valence-electron chi connectivity index (χ1n) is 7.11. The van der Waals surface area contributed by atoms with Crippen LogP contribution in [-0.2, 0) is 9.47 Å². The molecule has 5 heteroatoms. The number of hydrogen-bond acceptors (Lipinski definition) is 5. The summed E-state index contributed by atoms with van der Waals surface area (Å²) in [5.41, 5.74) is 0.964. The Labute approximate surface area is 121 Å². The van der Waals surface area contributed by atoms with Crippen LogP contribution in [0.2, 0.25) is 0 Å². The molecule has 0 aliphatic heterocycles. The summed E-state index contributed by atoms with van der Waals surface area (Å²) < 4.78 is 10.7. The van der Waals surface area contributed by atoms with Crippen LogP contribution in [0, 0.1) is 0 Å². The number of aliphatic hydroxyl groups excluding tert-OH is 1. The van der Waals surface area contributed by atoms with Crippen molar-refractivity contribution in [3.05, 3.63) is 30.1 Å². The van der Waals surface area contributed by atoms with Gasteiger partial charge in [0.05, 0.1) is 37.7 Å². The van der Waals surface area contributed by atoms with E-state index in [1.54, 1.807) is 6.20 Å². The Balaban J connectivity index is 2.09. The molecule has 0 aliphatic carbocycles. The normalized spacial score (nSPS) is 14.4. The molecule has 2 atom stereocenters. The first kappa shape index (κ1) is 17.0. The van der Waals surface area contributed by atoms with Gasteiger partial charge in [0.1, 0.15) is 0 Å². The second-order valence-corrected chi connectivity index (χ2v) is 5.03. The average molecular weight is 282 g/mol. The third-order valence-corrected chi connectivity index (χ3v) is 2.78. The molecule has 1 heterocycles. The molecule has 1 unspecified atom stereocenters. The Morgan fingerprint density at radius 3 is 2.70 bits per heavy atom. The van der Waals surface area contributed by atoms with Crippen molar-refractivity contribution in [2.24, 2.45) is 0 Å². The molecule has 0 spiro atoms. The Bertz CT molecular complexity index is 346. The van der Waals surface area contributed by atoms with E-state index in [1.807, 2.05) is 39.0 Å². The van der Waals surface area contributed by atoms with E-state index in [4.69, 9.17) is 9.47 Å². The van der Waals surface area contributed by atoms with Gasteiger partial charge in [0.15, 0.2) is 0 Å². The largest absolute Gasteiger partial charge is 0.389 e. The van der Waals surface area contributed by atoms with Gasteiger partial charge < -0.3 is 19.9 Å². The van der Waals surface area contributed by atoms with Crippen LogP contribution in [0.25, 0.3) is 0 Å². The topological polar surface area (TPSA) is 63.6 Å². The lowest BCUT2D eigenvalue weighted by Gasteiger charge is -2.17. The fraction of sp³-hybridized carbons (Fsp3) is 0.667. The smallest absolute Gasteiger partial charge is 0.0897 e. The van der Waals surface area contributed by atoms with Crippen LogP contribution >= 0.6 is 0 Å². The van der Waals surface area contributed by atoms with E-state index in [-0.39, 0.29) is 12.1 Å². The Kier molecular flexibility index (Phi) is 8.37. The highest BCUT2D eigenvalue weighted by molar-refractivity contribution is 5.07. The minimum absolute atomic E-state index is 0.107. The highest BCUT2D eigenvalue weighted by Crippen LogP contribution is 2.07. The summed E-state index contributed by atoms with van der Waals surface area (Å²) >= 11 is 0. The van der Waals surface area contributed by atoms with Crippen molar-refractivity contribution in [3.8, 4) is 0 Å². The molecule has 1 aromatic heterocycles. The molecule has 0 saturated heterocycles. The molecular formula is C15H26N2O3. The molecule has 1 rings (SSSR count). The lowest BCUT2D eigenvalue weighted by atomic mass is 10.2. The maximum absolute atomic E-state index is 9.80. The summed E-state index contributed by atoms with van der Waals surface area (Å²) in [6, 6.07) is 5.91. The standard InChI is InChI=1S/C15H26N2O3/c1-12(2)20-9-8-19-11-14(18)10-17-13(3)15-6-4-5-7-16-15/h4-7,12-14,17-18H,8-11H2,1-3H3/t13-,14?/m0/s1. The van der Waals surface area contributed by atoms with Crippen LogP contribution in [0.4, 0.5) is 0 Å². The second kappa shape index (κ2) is 9.83. The van der Waals surface area contributed by atoms with Crippen LogP contribution in [0.1, 0.15) is 32.5 Å². The molecule has 0 aliphatic rings. The molecular weight excluding hydrogens is 256 g/mol. The van der Waals surface area contributed by atoms with Gasteiger partial charge in [0.25, 0.3) is 0 Å². The highest BCUT2D eigenvalue weighted by atomic mass is 16.5. The maximum atomic E-state index is 9.80. The predicted molar refractivity (Wildman–Crippen MR) is 78.6 cm³/mol. The zero-order chi connectivity index (χ0) is 14.8. The Hall–Kier alpha value is -1.01. The molecule has 1 aromatic rings. The minimum Gasteiger partial charge on any atom is -0.389 e. The van der Waals surface area contributed by atoms with Gasteiger partial charge in [0.2, 0.25) is 0 Å². The summed E-state index contributed by atoms with van der Waals surface area (Å²) in [4.78, 5) is 4.27. The van der Waals surface area contributed by atoms with E-state index in [0.717, 1.165) is 5.69 Å². The zero-order valence-electron chi connectivity index (χ0n) is 12.6. The first-order chi connectivity index (χ1) is 9.59. The summed E-state index contributed by atoms with van der Waals surface area (Å²) in [6.45, 7) is 7.83. The number of ether oxygens (including phenoxy) is 2. The number of pyridine rings is 1. The number of nitrogens with zero attached hydrogens (tertiary/aromatic N) is 1. The molecule has 0 saturated carbocycles. The average Bonchev–Trinajstić information content (AvgIpc) is 2.45. The quantitative estimate of drug-likeness (QED) is 0.637. The molecule has 0 bridgehead atoms. The lowest BCUT2D eigenvalue weighted by Crippen LogP contribution is -2.32. The predicted octanol–water partition coefficient (Wildman–Crippen LogP) is 1.53. The summed E-state index contributed by atoms with van der Waals surface area (Å²) in [7, 11) is 0. The summed E-state index contributed by atoms with van der Waals surface area (Å²) in [6.07, 6.45) is 1.45. The van der Waals surface area contributed by atoms with E-state index in [0.29, 0.717) is 26.4 Å². The Morgan fingerprint density at radius 1 is 1.25 bits per heavy atom. The molecule has 0 radical (unpaired) electrons. The third-order valence-electron chi connectivity index (χ3n) is 2.78. The second-order valence-electron chi connectivity index (χ2n) is 5.03. The highest BCUT2D eigenvalue weighted by Gasteiger charge is 2.09. The van der Waals surface area contributed by atoms with Gasteiger partial charge in [-0.3, -0.25) is 4.98 Å². The maximum Gasteiger partial charge on any atom is 0.0897 e. The third kappa shape index (κ3) is 7.55. The molecule has 0 amide bonds. The van der Waals surface area contributed by atoms with Gasteiger partial charge in [-0.2, -0.15) is 0 Å². The fourth-order valence-electron chi connectivity index (χ4n) is 1.67. The van der Waals surface area contributed by atoms with Crippen molar-refractivity contribution in [1.29, 1.82) is 0 Å². The molecule has 20 heavy (non-hydrogen) atoms. The van der Waals surface area contributed by atoms with Crippen molar-refractivity contribution >= 4 is 0 Å². The first-order valence-corrected chi connectivity index (χ1v) is 7.11. The van der Waals surface area contributed by atoms with Crippen LogP contribution in [0.3, 0.4) is 0 Å². The van der Waals surface area contributed by atoms with Gasteiger partial charge in [-0.1, -0.05) is 6.07 Å². The van der Waals surface area contributed by atoms with Crippen molar-refractivity contribution in [2.45, 2.75) is 39.0 Å². The molecule has 5 nitrogen and oxygen atoms in total. The number of hydrogen-bond donors (Lipinski definition) is 2. The van der Waals surface area contributed by atoms with Crippen LogP contribution in [0.15, 0.2) is 24.4 Å². The van der Waals surface area contributed by atoms with Gasteiger partial charge in [-0.15, -0.1) is 0 Å². The van der Waals surface area contributed by atoms with Gasteiger partial charge >= 0.3 is 0 Å². The van der Waals surface area contributed by atoms with E-state index >= 15 is 0 Å². The van der Waals surface area contributed by atoms with Crippen molar-refractivity contribution < 1.29 is 14.6 Å². The SMILES string of the molecule is CC(C)OCCOCC(O)CN[C@@H](C)c1ccccn1. The van der Waals surface area contributed by atoms with E-state index < -0.39 is 6.10 Å². The fourth-order valence-corrected chi connectivity index (χ4v) is 1.67. The number of aliphatic hydroxyl groups is 1. The van der Waals surface area contributed by atoms with E-state index in [1.165, 1.54) is 0 Å².